The third-order valence-corrected chi connectivity index (χ3v) is 3.04. The summed E-state index contributed by atoms with van der Waals surface area (Å²) in [6, 6.07) is 0.636. The second-order valence-electron chi connectivity index (χ2n) is 3.34. The molecule has 1 heterocycles. The predicted octanol–water partition coefficient (Wildman–Crippen LogP) is 2.28. The van der Waals surface area contributed by atoms with Crippen molar-refractivity contribution in [2.75, 3.05) is 12.3 Å². The van der Waals surface area contributed by atoms with Crippen molar-refractivity contribution in [1.29, 1.82) is 0 Å². The van der Waals surface area contributed by atoms with Gasteiger partial charge in [0.15, 0.2) is 5.16 Å². The molecule has 0 bridgehead atoms. The molecule has 0 aromatic carbocycles. The highest BCUT2D eigenvalue weighted by Crippen LogP contribution is 2.14. The monoisotopic (exact) mass is 213 g/mol. The lowest BCUT2D eigenvalue weighted by molar-refractivity contribution is 0.526. The number of H-pyrrole nitrogens is 1. The average Bonchev–Trinajstić information content (AvgIpc) is 2.65. The maximum Gasteiger partial charge on any atom is 0.165 e. The van der Waals surface area contributed by atoms with Crippen molar-refractivity contribution in [3.05, 3.63) is 12.4 Å². The minimum atomic E-state index is 0.636. The van der Waals surface area contributed by atoms with Gasteiger partial charge in [-0.05, 0) is 26.3 Å². The summed E-state index contributed by atoms with van der Waals surface area (Å²) in [7, 11) is 0. The van der Waals surface area contributed by atoms with Crippen molar-refractivity contribution in [2.45, 2.75) is 37.9 Å². The van der Waals surface area contributed by atoms with Gasteiger partial charge in [0.25, 0.3) is 0 Å². The molecule has 1 aromatic rings. The fourth-order valence-electron chi connectivity index (χ4n) is 1.34. The van der Waals surface area contributed by atoms with Crippen LogP contribution in [0, 0.1) is 0 Å². The maximum absolute atomic E-state index is 4.16. The SMILES string of the molecule is CCNC(C)CCCSc1ncc[nH]1. The number of hydrogen-bond donors (Lipinski definition) is 2. The number of thioether (sulfide) groups is 1. The largest absolute Gasteiger partial charge is 0.340 e. The number of nitrogens with one attached hydrogen (secondary N) is 2. The van der Waals surface area contributed by atoms with Crippen LogP contribution >= 0.6 is 11.8 Å². The molecule has 1 atom stereocenters. The molecule has 0 aliphatic rings. The van der Waals surface area contributed by atoms with Gasteiger partial charge >= 0.3 is 0 Å². The normalized spacial score (nSPS) is 13.0. The topological polar surface area (TPSA) is 40.7 Å². The van der Waals surface area contributed by atoms with Gasteiger partial charge in [-0.25, -0.2) is 4.98 Å². The molecule has 2 N–H and O–H groups in total. The Labute approximate surface area is 90.1 Å². The Kier molecular flexibility index (Phi) is 5.71. The highest BCUT2D eigenvalue weighted by Gasteiger charge is 2.00. The lowest BCUT2D eigenvalue weighted by atomic mass is 10.2. The Hall–Kier alpha value is -0.480. The molecular formula is C10H19N3S. The van der Waals surface area contributed by atoms with Gasteiger partial charge in [-0.15, -0.1) is 0 Å². The number of aromatic amines is 1. The molecule has 0 spiro atoms. The number of hydrogen-bond acceptors (Lipinski definition) is 3. The van der Waals surface area contributed by atoms with Gasteiger partial charge in [0, 0.05) is 24.2 Å². The summed E-state index contributed by atoms with van der Waals surface area (Å²) in [6.45, 7) is 5.45. The molecular weight excluding hydrogens is 194 g/mol. The van der Waals surface area contributed by atoms with Crippen molar-refractivity contribution in [3.8, 4) is 0 Å². The number of imidazole rings is 1. The van der Waals surface area contributed by atoms with Gasteiger partial charge in [-0.3, -0.25) is 0 Å². The van der Waals surface area contributed by atoms with E-state index in [0.717, 1.165) is 17.5 Å². The second-order valence-corrected chi connectivity index (χ2v) is 4.43. The van der Waals surface area contributed by atoms with Crippen LogP contribution in [0.25, 0.3) is 0 Å². The average molecular weight is 213 g/mol. The summed E-state index contributed by atoms with van der Waals surface area (Å²) in [5.74, 6) is 1.14. The number of aromatic nitrogens is 2. The lowest BCUT2D eigenvalue weighted by Gasteiger charge is -2.10. The maximum atomic E-state index is 4.16. The van der Waals surface area contributed by atoms with Crippen LogP contribution in [0.1, 0.15) is 26.7 Å². The molecule has 1 unspecified atom stereocenters. The van der Waals surface area contributed by atoms with Gasteiger partial charge in [0.1, 0.15) is 0 Å². The van der Waals surface area contributed by atoms with Crippen molar-refractivity contribution in [2.24, 2.45) is 0 Å². The van der Waals surface area contributed by atoms with E-state index >= 15 is 0 Å². The highest BCUT2D eigenvalue weighted by molar-refractivity contribution is 7.99. The lowest BCUT2D eigenvalue weighted by Crippen LogP contribution is -2.25. The third kappa shape index (κ3) is 4.67. The summed E-state index contributed by atoms with van der Waals surface area (Å²) in [6.07, 6.45) is 6.13. The number of nitrogens with zero attached hydrogens (tertiary/aromatic N) is 1. The van der Waals surface area contributed by atoms with Gasteiger partial charge in [-0.2, -0.15) is 0 Å². The molecule has 3 nitrogen and oxygen atoms in total. The minimum absolute atomic E-state index is 0.636. The smallest absolute Gasteiger partial charge is 0.165 e. The first kappa shape index (κ1) is 11.6. The fraction of sp³-hybridized carbons (Fsp3) is 0.700. The summed E-state index contributed by atoms with van der Waals surface area (Å²) < 4.78 is 0. The zero-order valence-corrected chi connectivity index (χ0v) is 9.73. The van der Waals surface area contributed by atoms with Crippen LogP contribution < -0.4 is 5.32 Å². The number of rotatable bonds is 7. The first-order valence-electron chi connectivity index (χ1n) is 5.18. The van der Waals surface area contributed by atoms with Gasteiger partial charge in [0.05, 0.1) is 0 Å². The zero-order valence-electron chi connectivity index (χ0n) is 8.92. The van der Waals surface area contributed by atoms with E-state index in [1.165, 1.54) is 12.8 Å². The summed E-state index contributed by atoms with van der Waals surface area (Å²) in [4.78, 5) is 7.25. The molecule has 80 valence electrons. The Morgan fingerprint density at radius 2 is 2.50 bits per heavy atom. The van der Waals surface area contributed by atoms with Crippen molar-refractivity contribution in [1.82, 2.24) is 15.3 Å². The molecule has 14 heavy (non-hydrogen) atoms. The van der Waals surface area contributed by atoms with E-state index in [4.69, 9.17) is 0 Å². The molecule has 1 rings (SSSR count). The van der Waals surface area contributed by atoms with Crippen LogP contribution in [0.15, 0.2) is 17.6 Å². The quantitative estimate of drug-likeness (QED) is 0.539. The van der Waals surface area contributed by atoms with Gasteiger partial charge in [-0.1, -0.05) is 18.7 Å². The van der Waals surface area contributed by atoms with Crippen LogP contribution in [0.4, 0.5) is 0 Å². The van der Waals surface area contributed by atoms with Crippen LogP contribution in [-0.4, -0.2) is 28.3 Å². The highest BCUT2D eigenvalue weighted by atomic mass is 32.2. The third-order valence-electron chi connectivity index (χ3n) is 2.05. The van der Waals surface area contributed by atoms with Crippen LogP contribution in [0.2, 0.25) is 0 Å². The molecule has 0 saturated carbocycles. The van der Waals surface area contributed by atoms with Crippen molar-refractivity contribution < 1.29 is 0 Å². The molecule has 1 aromatic heterocycles. The van der Waals surface area contributed by atoms with E-state index < -0.39 is 0 Å². The molecule has 0 aliphatic heterocycles. The van der Waals surface area contributed by atoms with E-state index in [9.17, 15) is 0 Å². The molecule has 0 radical (unpaired) electrons. The standard InChI is InChI=1S/C10H19N3S/c1-3-11-9(2)5-4-8-14-10-12-6-7-13-10/h6-7,9,11H,3-5,8H2,1-2H3,(H,12,13). The Bertz CT molecular complexity index is 223. The molecule has 4 heteroatoms. The zero-order chi connectivity index (χ0) is 10.2. The van der Waals surface area contributed by atoms with Crippen LogP contribution in [-0.2, 0) is 0 Å². The van der Waals surface area contributed by atoms with E-state index in [0.29, 0.717) is 6.04 Å². The summed E-state index contributed by atoms with van der Waals surface area (Å²) in [5, 5.41) is 4.44. The van der Waals surface area contributed by atoms with E-state index in [2.05, 4.69) is 29.1 Å². The summed E-state index contributed by atoms with van der Waals surface area (Å²) >= 11 is 1.79. The van der Waals surface area contributed by atoms with E-state index in [-0.39, 0.29) is 0 Å². The van der Waals surface area contributed by atoms with Crippen molar-refractivity contribution >= 4 is 11.8 Å². The fourth-order valence-corrected chi connectivity index (χ4v) is 2.13. The van der Waals surface area contributed by atoms with Crippen LogP contribution in [0.5, 0.6) is 0 Å². The Balaban J connectivity index is 1.99. The second kappa shape index (κ2) is 6.90. The molecule has 0 fully saturated rings. The molecule has 0 saturated heterocycles. The Morgan fingerprint density at radius 3 is 3.14 bits per heavy atom. The van der Waals surface area contributed by atoms with Crippen molar-refractivity contribution in [3.63, 3.8) is 0 Å². The molecule has 0 amide bonds. The first-order valence-corrected chi connectivity index (χ1v) is 6.17. The van der Waals surface area contributed by atoms with Gasteiger partial charge < -0.3 is 10.3 Å². The first-order chi connectivity index (χ1) is 6.83. The predicted molar refractivity (Wildman–Crippen MR) is 61.7 cm³/mol. The van der Waals surface area contributed by atoms with E-state index in [1.807, 2.05) is 6.20 Å². The minimum Gasteiger partial charge on any atom is -0.340 e. The van der Waals surface area contributed by atoms with Crippen LogP contribution in [0.3, 0.4) is 0 Å². The summed E-state index contributed by atoms with van der Waals surface area (Å²) in [5.41, 5.74) is 0. The van der Waals surface area contributed by atoms with E-state index in [1.54, 1.807) is 18.0 Å². The Morgan fingerprint density at radius 1 is 1.64 bits per heavy atom. The van der Waals surface area contributed by atoms with Gasteiger partial charge in [0.2, 0.25) is 0 Å². The molecule has 0 aliphatic carbocycles.